The van der Waals surface area contributed by atoms with Crippen molar-refractivity contribution in [2.24, 2.45) is 0 Å². The first kappa shape index (κ1) is 18.5. The molecule has 1 heterocycles. The number of amides is 1. The third-order valence-electron chi connectivity index (χ3n) is 4.17. The summed E-state index contributed by atoms with van der Waals surface area (Å²) in [5, 5.41) is 15.4. The van der Waals surface area contributed by atoms with Gasteiger partial charge in [-0.2, -0.15) is 0 Å². The first-order chi connectivity index (χ1) is 11.1. The van der Waals surface area contributed by atoms with Crippen LogP contribution in [0, 0.1) is 6.92 Å². The topological polar surface area (TPSA) is 61.4 Å². The van der Waals surface area contributed by atoms with Gasteiger partial charge in [0.1, 0.15) is 0 Å². The van der Waals surface area contributed by atoms with Crippen molar-refractivity contribution >= 4 is 18.3 Å². The van der Waals surface area contributed by atoms with Gasteiger partial charge in [-0.15, -0.1) is 12.4 Å². The summed E-state index contributed by atoms with van der Waals surface area (Å²) in [6.07, 6.45) is 0.0604. The van der Waals surface area contributed by atoms with E-state index in [1.165, 1.54) is 11.1 Å². The minimum absolute atomic E-state index is 0. The van der Waals surface area contributed by atoms with Crippen LogP contribution in [0.5, 0.6) is 0 Å². The van der Waals surface area contributed by atoms with E-state index in [0.717, 1.165) is 11.1 Å². The van der Waals surface area contributed by atoms with Gasteiger partial charge in [0.15, 0.2) is 0 Å². The highest BCUT2D eigenvalue weighted by atomic mass is 35.5. The Balaban J connectivity index is 0.00000208. The second kappa shape index (κ2) is 8.29. The van der Waals surface area contributed by atoms with Crippen LogP contribution in [0.4, 0.5) is 0 Å². The molecule has 3 rings (SSSR count). The van der Waals surface area contributed by atoms with Crippen molar-refractivity contribution in [3.63, 3.8) is 0 Å². The molecule has 3 N–H and O–H groups in total. The summed E-state index contributed by atoms with van der Waals surface area (Å²) >= 11 is 0. The molecule has 0 aliphatic carbocycles. The van der Waals surface area contributed by atoms with Gasteiger partial charge in [-0.1, -0.05) is 48.0 Å². The fraction of sp³-hybridized carbons (Fsp3) is 0.316. The maximum atomic E-state index is 12.1. The molecule has 5 heteroatoms. The third kappa shape index (κ3) is 4.57. The fourth-order valence-corrected chi connectivity index (χ4v) is 2.91. The van der Waals surface area contributed by atoms with E-state index in [-0.39, 0.29) is 24.4 Å². The van der Waals surface area contributed by atoms with E-state index in [0.29, 0.717) is 19.5 Å². The van der Waals surface area contributed by atoms with Gasteiger partial charge >= 0.3 is 0 Å². The molecule has 2 unspecified atom stereocenters. The zero-order valence-corrected chi connectivity index (χ0v) is 14.5. The molecule has 1 saturated heterocycles. The number of carbonyl (C=O) groups is 1. The van der Waals surface area contributed by atoms with Gasteiger partial charge < -0.3 is 15.7 Å². The molecule has 24 heavy (non-hydrogen) atoms. The molecule has 1 fully saturated rings. The first-order valence-corrected chi connectivity index (χ1v) is 7.97. The smallest absolute Gasteiger partial charge is 0.237 e. The Kier molecular flexibility index (Phi) is 6.37. The van der Waals surface area contributed by atoms with Gasteiger partial charge in [0.2, 0.25) is 5.91 Å². The first-order valence-electron chi connectivity index (χ1n) is 7.97. The molecule has 2 aromatic carbocycles. The largest absolute Gasteiger partial charge is 0.392 e. The summed E-state index contributed by atoms with van der Waals surface area (Å²) in [5.41, 5.74) is 4.62. The summed E-state index contributed by atoms with van der Waals surface area (Å²) in [6.45, 7) is 3.06. The average Bonchev–Trinajstić information content (AvgIpc) is 2.99. The van der Waals surface area contributed by atoms with Crippen LogP contribution in [-0.4, -0.2) is 29.7 Å². The average molecular weight is 347 g/mol. The van der Waals surface area contributed by atoms with Gasteiger partial charge in [-0.25, -0.2) is 0 Å². The van der Waals surface area contributed by atoms with E-state index in [1.807, 2.05) is 12.1 Å². The van der Waals surface area contributed by atoms with E-state index in [2.05, 4.69) is 54.0 Å². The number of β-amino-alcohol motifs (C(OH)–C–C–N with tert-alkyl or cyclic N) is 1. The SMILES string of the molecule is Cc1cccc(-c2cccc(CNC(=O)C3CC(O)CN3)c2)c1.Cl. The Bertz CT molecular complexity index is 705. The van der Waals surface area contributed by atoms with E-state index < -0.39 is 6.10 Å². The van der Waals surface area contributed by atoms with Crippen LogP contribution in [0.25, 0.3) is 11.1 Å². The highest BCUT2D eigenvalue weighted by Crippen LogP contribution is 2.21. The highest BCUT2D eigenvalue weighted by Gasteiger charge is 2.27. The number of aryl methyl sites for hydroxylation is 1. The molecule has 2 atom stereocenters. The standard InChI is InChI=1S/C19H22N2O2.ClH/c1-13-4-2-6-15(8-13)16-7-3-5-14(9-16)11-21-19(23)18-10-17(22)12-20-18;/h2-9,17-18,20,22H,10-12H2,1H3,(H,21,23);1H. The lowest BCUT2D eigenvalue weighted by molar-refractivity contribution is -0.123. The van der Waals surface area contributed by atoms with Crippen molar-refractivity contribution in [3.05, 3.63) is 59.7 Å². The number of aliphatic hydroxyl groups excluding tert-OH is 1. The number of nitrogens with one attached hydrogen (secondary N) is 2. The zero-order valence-electron chi connectivity index (χ0n) is 13.7. The molecular weight excluding hydrogens is 324 g/mol. The van der Waals surface area contributed by atoms with E-state index in [4.69, 9.17) is 0 Å². The number of benzene rings is 2. The van der Waals surface area contributed by atoms with E-state index in [1.54, 1.807) is 0 Å². The summed E-state index contributed by atoms with van der Waals surface area (Å²) in [4.78, 5) is 12.1. The van der Waals surface area contributed by atoms with Gasteiger partial charge in [0.25, 0.3) is 0 Å². The van der Waals surface area contributed by atoms with Crippen LogP contribution in [-0.2, 0) is 11.3 Å². The molecule has 2 aromatic rings. The molecule has 4 nitrogen and oxygen atoms in total. The summed E-state index contributed by atoms with van der Waals surface area (Å²) in [6, 6.07) is 16.3. The minimum Gasteiger partial charge on any atom is -0.392 e. The Morgan fingerprint density at radius 3 is 2.58 bits per heavy atom. The van der Waals surface area contributed by atoms with Crippen molar-refractivity contribution in [1.82, 2.24) is 10.6 Å². The Morgan fingerprint density at radius 2 is 1.92 bits per heavy atom. The second-order valence-corrected chi connectivity index (χ2v) is 6.14. The van der Waals surface area contributed by atoms with Crippen molar-refractivity contribution in [2.75, 3.05) is 6.54 Å². The summed E-state index contributed by atoms with van der Waals surface area (Å²) in [5.74, 6) is -0.0532. The molecule has 0 spiro atoms. The summed E-state index contributed by atoms with van der Waals surface area (Å²) < 4.78 is 0. The molecule has 1 aliphatic rings. The normalized spacial score (nSPS) is 19.6. The fourth-order valence-electron chi connectivity index (χ4n) is 2.91. The number of aliphatic hydroxyl groups is 1. The van der Waals surface area contributed by atoms with Crippen molar-refractivity contribution in [1.29, 1.82) is 0 Å². The van der Waals surface area contributed by atoms with Crippen molar-refractivity contribution in [3.8, 4) is 11.1 Å². The zero-order chi connectivity index (χ0) is 16.2. The number of hydrogen-bond donors (Lipinski definition) is 3. The Hall–Kier alpha value is -1.88. The molecule has 0 aromatic heterocycles. The van der Waals surface area contributed by atoms with Gasteiger partial charge in [0, 0.05) is 13.1 Å². The third-order valence-corrected chi connectivity index (χ3v) is 4.17. The minimum atomic E-state index is -0.421. The molecule has 128 valence electrons. The molecule has 0 radical (unpaired) electrons. The summed E-state index contributed by atoms with van der Waals surface area (Å²) in [7, 11) is 0. The molecule has 1 aliphatic heterocycles. The maximum Gasteiger partial charge on any atom is 0.237 e. The van der Waals surface area contributed by atoms with Crippen LogP contribution in [0.3, 0.4) is 0 Å². The number of hydrogen-bond acceptors (Lipinski definition) is 3. The van der Waals surface area contributed by atoms with Gasteiger partial charge in [-0.3, -0.25) is 4.79 Å². The molecule has 0 bridgehead atoms. The van der Waals surface area contributed by atoms with Gasteiger partial charge in [-0.05, 0) is 36.1 Å². The van der Waals surface area contributed by atoms with Crippen LogP contribution < -0.4 is 10.6 Å². The van der Waals surface area contributed by atoms with Crippen LogP contribution in [0.2, 0.25) is 0 Å². The lowest BCUT2D eigenvalue weighted by atomic mass is 10.0. The molecule has 0 saturated carbocycles. The predicted molar refractivity (Wildman–Crippen MR) is 98.1 cm³/mol. The second-order valence-electron chi connectivity index (χ2n) is 6.14. The van der Waals surface area contributed by atoms with Crippen LogP contribution in [0.1, 0.15) is 17.5 Å². The lowest BCUT2D eigenvalue weighted by Crippen LogP contribution is -2.39. The van der Waals surface area contributed by atoms with E-state index >= 15 is 0 Å². The van der Waals surface area contributed by atoms with E-state index in [9.17, 15) is 9.90 Å². The number of rotatable bonds is 4. The Morgan fingerprint density at radius 1 is 1.21 bits per heavy atom. The quantitative estimate of drug-likeness (QED) is 0.796. The lowest BCUT2D eigenvalue weighted by Gasteiger charge is -2.12. The maximum absolute atomic E-state index is 12.1. The highest BCUT2D eigenvalue weighted by molar-refractivity contribution is 5.85. The van der Waals surface area contributed by atoms with Crippen LogP contribution in [0.15, 0.2) is 48.5 Å². The number of carbonyl (C=O) groups excluding carboxylic acids is 1. The van der Waals surface area contributed by atoms with Crippen LogP contribution >= 0.6 is 12.4 Å². The Labute approximate surface area is 148 Å². The van der Waals surface area contributed by atoms with Crippen molar-refractivity contribution in [2.45, 2.75) is 32.0 Å². The molecule has 1 amide bonds. The monoisotopic (exact) mass is 346 g/mol. The predicted octanol–water partition coefficient (Wildman–Crippen LogP) is 2.42. The van der Waals surface area contributed by atoms with Crippen molar-refractivity contribution < 1.29 is 9.90 Å². The molecular formula is C19H23ClN2O2. The van der Waals surface area contributed by atoms with Gasteiger partial charge in [0.05, 0.1) is 12.1 Å². The number of halogens is 1.